The summed E-state index contributed by atoms with van der Waals surface area (Å²) < 4.78 is 7.25. The summed E-state index contributed by atoms with van der Waals surface area (Å²) in [6, 6.07) is 8.15. The number of hydrogen-bond acceptors (Lipinski definition) is 2. The summed E-state index contributed by atoms with van der Waals surface area (Å²) >= 11 is 0. The van der Waals surface area contributed by atoms with Gasteiger partial charge < -0.3 is 4.74 Å². The minimum absolute atomic E-state index is 0.121. The van der Waals surface area contributed by atoms with Gasteiger partial charge in [0.25, 0.3) is 0 Å². The molecule has 90 valence electrons. The molecule has 0 saturated carbocycles. The highest BCUT2D eigenvalue weighted by Crippen LogP contribution is 2.30. The number of rotatable bonds is 2. The number of aromatic nitrogens is 2. The first-order chi connectivity index (χ1) is 8.02. The Hall–Kier alpha value is -1.77. The molecule has 3 heteroatoms. The molecule has 0 N–H and O–H groups in total. The molecule has 0 aliphatic carbocycles. The molecule has 0 aliphatic rings. The summed E-state index contributed by atoms with van der Waals surface area (Å²) in [7, 11) is 1.69. The summed E-state index contributed by atoms with van der Waals surface area (Å²) in [5, 5.41) is 4.22. The highest BCUT2D eigenvalue weighted by molar-refractivity contribution is 5.49. The van der Waals surface area contributed by atoms with Crippen LogP contribution in [0.3, 0.4) is 0 Å². The third-order valence-corrected chi connectivity index (χ3v) is 2.80. The zero-order valence-corrected chi connectivity index (χ0v) is 10.8. The zero-order chi connectivity index (χ0) is 12.5. The van der Waals surface area contributed by atoms with Gasteiger partial charge in [-0.2, -0.15) is 5.10 Å². The van der Waals surface area contributed by atoms with Gasteiger partial charge in [-0.05, 0) is 29.2 Å². The third-order valence-electron chi connectivity index (χ3n) is 2.80. The van der Waals surface area contributed by atoms with Crippen molar-refractivity contribution in [3.8, 4) is 11.4 Å². The molecule has 3 nitrogen and oxygen atoms in total. The molecule has 1 aromatic heterocycles. The van der Waals surface area contributed by atoms with Gasteiger partial charge in [0.2, 0.25) is 0 Å². The lowest BCUT2D eigenvalue weighted by Gasteiger charge is -2.20. The van der Waals surface area contributed by atoms with Crippen LogP contribution in [0.2, 0.25) is 0 Å². The van der Waals surface area contributed by atoms with Gasteiger partial charge in [-0.15, -0.1) is 0 Å². The Kier molecular flexibility index (Phi) is 2.92. The fourth-order valence-electron chi connectivity index (χ4n) is 1.74. The second-order valence-corrected chi connectivity index (χ2v) is 5.09. The minimum Gasteiger partial charge on any atom is -0.494 e. The average Bonchev–Trinajstić information content (AvgIpc) is 2.80. The van der Waals surface area contributed by atoms with E-state index in [-0.39, 0.29) is 5.41 Å². The molecule has 0 atom stereocenters. The van der Waals surface area contributed by atoms with E-state index in [0.29, 0.717) is 0 Å². The number of hydrogen-bond donors (Lipinski definition) is 0. The van der Waals surface area contributed by atoms with Crippen LogP contribution < -0.4 is 4.74 Å². The van der Waals surface area contributed by atoms with Crippen LogP contribution in [0.5, 0.6) is 5.75 Å². The predicted octanol–water partition coefficient (Wildman–Crippen LogP) is 3.18. The van der Waals surface area contributed by atoms with Crippen LogP contribution >= 0.6 is 0 Å². The van der Waals surface area contributed by atoms with Crippen molar-refractivity contribution >= 4 is 0 Å². The summed E-state index contributed by atoms with van der Waals surface area (Å²) in [6.45, 7) is 6.57. The molecule has 1 aromatic carbocycles. The van der Waals surface area contributed by atoms with Crippen molar-refractivity contribution in [1.82, 2.24) is 9.78 Å². The van der Waals surface area contributed by atoms with Crippen LogP contribution in [-0.4, -0.2) is 16.9 Å². The van der Waals surface area contributed by atoms with Gasteiger partial charge in [-0.25, -0.2) is 4.68 Å². The summed E-state index contributed by atoms with van der Waals surface area (Å²) in [5.41, 5.74) is 2.34. The third kappa shape index (κ3) is 2.33. The van der Waals surface area contributed by atoms with Crippen molar-refractivity contribution in [2.45, 2.75) is 26.2 Å². The number of methoxy groups -OCH3 is 1. The fraction of sp³-hybridized carbons (Fsp3) is 0.357. The van der Waals surface area contributed by atoms with E-state index in [1.54, 1.807) is 13.3 Å². The number of ether oxygens (including phenoxy) is 1. The lowest BCUT2D eigenvalue weighted by Crippen LogP contribution is -2.11. The summed E-state index contributed by atoms with van der Waals surface area (Å²) in [4.78, 5) is 0. The predicted molar refractivity (Wildman–Crippen MR) is 68.8 cm³/mol. The largest absolute Gasteiger partial charge is 0.494 e. The van der Waals surface area contributed by atoms with E-state index in [1.807, 2.05) is 23.0 Å². The lowest BCUT2D eigenvalue weighted by atomic mass is 9.87. The van der Waals surface area contributed by atoms with Gasteiger partial charge in [0.1, 0.15) is 11.4 Å². The van der Waals surface area contributed by atoms with Crippen molar-refractivity contribution in [1.29, 1.82) is 0 Å². The van der Waals surface area contributed by atoms with E-state index in [4.69, 9.17) is 4.74 Å². The van der Waals surface area contributed by atoms with Crippen molar-refractivity contribution in [3.63, 3.8) is 0 Å². The van der Waals surface area contributed by atoms with E-state index >= 15 is 0 Å². The molecule has 17 heavy (non-hydrogen) atoms. The Morgan fingerprint density at radius 1 is 1.24 bits per heavy atom. The zero-order valence-electron chi connectivity index (χ0n) is 10.8. The SMILES string of the molecule is COc1cc(C(C)(C)C)ccc1-n1cccn1. The first-order valence-electron chi connectivity index (χ1n) is 5.71. The van der Waals surface area contributed by atoms with E-state index in [0.717, 1.165) is 11.4 Å². The molecular formula is C14H18N2O. The first kappa shape index (κ1) is 11.7. The molecule has 0 radical (unpaired) electrons. The van der Waals surface area contributed by atoms with Crippen LogP contribution in [0.15, 0.2) is 36.7 Å². The summed E-state index contributed by atoms with van der Waals surface area (Å²) in [6.07, 6.45) is 3.67. The monoisotopic (exact) mass is 230 g/mol. The van der Waals surface area contributed by atoms with Gasteiger partial charge >= 0.3 is 0 Å². The number of benzene rings is 1. The lowest BCUT2D eigenvalue weighted by molar-refractivity contribution is 0.409. The molecule has 1 heterocycles. The molecule has 0 fully saturated rings. The Bertz CT molecular complexity index is 495. The standard InChI is InChI=1S/C14H18N2O/c1-14(2,3)11-6-7-12(13(10-11)17-4)16-9-5-8-15-16/h5-10H,1-4H3. The van der Waals surface area contributed by atoms with Gasteiger partial charge in [-0.3, -0.25) is 0 Å². The van der Waals surface area contributed by atoms with Crippen LogP contribution in [0.1, 0.15) is 26.3 Å². The average molecular weight is 230 g/mol. The fourth-order valence-corrected chi connectivity index (χ4v) is 1.74. The second-order valence-electron chi connectivity index (χ2n) is 5.09. The Morgan fingerprint density at radius 2 is 2.00 bits per heavy atom. The van der Waals surface area contributed by atoms with Crippen LogP contribution in [0.25, 0.3) is 5.69 Å². The molecule has 0 spiro atoms. The Balaban J connectivity index is 2.50. The smallest absolute Gasteiger partial charge is 0.144 e. The maximum absolute atomic E-state index is 5.44. The normalized spacial score (nSPS) is 11.5. The maximum atomic E-state index is 5.44. The van der Waals surface area contributed by atoms with Gasteiger partial charge in [0, 0.05) is 12.4 Å². The first-order valence-corrected chi connectivity index (χ1v) is 5.71. The van der Waals surface area contributed by atoms with Crippen molar-refractivity contribution in [2.24, 2.45) is 0 Å². The van der Waals surface area contributed by atoms with Crippen molar-refractivity contribution in [2.75, 3.05) is 7.11 Å². The van der Waals surface area contributed by atoms with Crippen LogP contribution in [0.4, 0.5) is 0 Å². The van der Waals surface area contributed by atoms with E-state index in [9.17, 15) is 0 Å². The minimum atomic E-state index is 0.121. The molecular weight excluding hydrogens is 212 g/mol. The highest BCUT2D eigenvalue weighted by Gasteiger charge is 2.16. The topological polar surface area (TPSA) is 27.1 Å². The molecule has 2 rings (SSSR count). The van der Waals surface area contributed by atoms with E-state index in [2.05, 4.69) is 38.0 Å². The number of nitrogens with zero attached hydrogens (tertiary/aromatic N) is 2. The van der Waals surface area contributed by atoms with E-state index < -0.39 is 0 Å². The van der Waals surface area contributed by atoms with Gasteiger partial charge in [0.15, 0.2) is 0 Å². The van der Waals surface area contributed by atoms with E-state index in [1.165, 1.54) is 5.56 Å². The van der Waals surface area contributed by atoms with Crippen LogP contribution in [-0.2, 0) is 5.41 Å². The van der Waals surface area contributed by atoms with Gasteiger partial charge in [0.05, 0.1) is 7.11 Å². The molecule has 2 aromatic rings. The van der Waals surface area contributed by atoms with Gasteiger partial charge in [-0.1, -0.05) is 26.8 Å². The second kappa shape index (κ2) is 4.24. The summed E-state index contributed by atoms with van der Waals surface area (Å²) in [5.74, 6) is 0.848. The Labute approximate surface area is 102 Å². The highest BCUT2D eigenvalue weighted by atomic mass is 16.5. The Morgan fingerprint density at radius 3 is 2.53 bits per heavy atom. The molecule has 0 amide bonds. The van der Waals surface area contributed by atoms with Crippen molar-refractivity contribution in [3.05, 3.63) is 42.2 Å². The molecule has 0 unspecified atom stereocenters. The molecule has 0 bridgehead atoms. The van der Waals surface area contributed by atoms with Crippen molar-refractivity contribution < 1.29 is 4.74 Å². The molecule has 0 saturated heterocycles. The molecule has 0 aliphatic heterocycles. The quantitative estimate of drug-likeness (QED) is 0.792. The van der Waals surface area contributed by atoms with Crippen LogP contribution in [0, 0.1) is 0 Å². The maximum Gasteiger partial charge on any atom is 0.144 e.